The highest BCUT2D eigenvalue weighted by Crippen LogP contribution is 2.28. The third-order valence-corrected chi connectivity index (χ3v) is 5.88. The van der Waals surface area contributed by atoms with Crippen molar-refractivity contribution in [3.63, 3.8) is 0 Å². The molecule has 1 saturated heterocycles. The van der Waals surface area contributed by atoms with E-state index in [1.807, 2.05) is 19.9 Å². The van der Waals surface area contributed by atoms with Crippen molar-refractivity contribution in [1.29, 1.82) is 0 Å². The monoisotopic (exact) mass is 295 g/mol. The number of nitrogens with zero attached hydrogens (tertiary/aromatic N) is 1. The van der Waals surface area contributed by atoms with Gasteiger partial charge in [0.15, 0.2) is 0 Å². The van der Waals surface area contributed by atoms with E-state index in [1.165, 1.54) is 11.2 Å². The van der Waals surface area contributed by atoms with Gasteiger partial charge < -0.3 is 0 Å². The van der Waals surface area contributed by atoms with Crippen molar-refractivity contribution < 1.29 is 13.2 Å². The number of carbonyl (C=O) groups is 1. The Kier molecular flexibility index (Phi) is 4.30. The number of benzene rings is 1. The molecule has 0 bridgehead atoms. The zero-order valence-corrected chi connectivity index (χ0v) is 13.0. The van der Waals surface area contributed by atoms with Crippen LogP contribution < -0.4 is 0 Å². The van der Waals surface area contributed by atoms with Crippen molar-refractivity contribution in [2.24, 2.45) is 0 Å². The summed E-state index contributed by atoms with van der Waals surface area (Å²) in [4.78, 5) is 11.6. The summed E-state index contributed by atoms with van der Waals surface area (Å²) in [5.41, 5.74) is 2.04. The predicted octanol–water partition coefficient (Wildman–Crippen LogP) is 2.44. The number of ketones is 1. The van der Waals surface area contributed by atoms with E-state index in [0.29, 0.717) is 17.9 Å². The topological polar surface area (TPSA) is 54.5 Å². The minimum Gasteiger partial charge on any atom is -0.300 e. The van der Waals surface area contributed by atoms with Crippen LogP contribution in [0.25, 0.3) is 0 Å². The van der Waals surface area contributed by atoms with Gasteiger partial charge in [0, 0.05) is 19.0 Å². The summed E-state index contributed by atoms with van der Waals surface area (Å²) in [5, 5.41) is 0. The van der Waals surface area contributed by atoms with Crippen molar-refractivity contribution in [3.8, 4) is 0 Å². The molecule has 4 nitrogen and oxygen atoms in total. The van der Waals surface area contributed by atoms with Gasteiger partial charge in [-0.05, 0) is 56.9 Å². The molecular formula is C15H21NO3S. The molecule has 110 valence electrons. The molecule has 2 rings (SSSR count). The Balaban J connectivity index is 2.33. The van der Waals surface area contributed by atoms with Crippen LogP contribution in [-0.4, -0.2) is 31.1 Å². The molecule has 0 saturated carbocycles. The van der Waals surface area contributed by atoms with Crippen molar-refractivity contribution in [1.82, 2.24) is 4.31 Å². The van der Waals surface area contributed by atoms with Crippen molar-refractivity contribution in [3.05, 3.63) is 29.3 Å². The zero-order valence-electron chi connectivity index (χ0n) is 12.2. The van der Waals surface area contributed by atoms with Crippen LogP contribution in [0.1, 0.15) is 37.3 Å². The zero-order chi connectivity index (χ0) is 14.9. The van der Waals surface area contributed by atoms with Crippen LogP contribution in [0.5, 0.6) is 0 Å². The molecule has 0 aliphatic carbocycles. The van der Waals surface area contributed by atoms with Gasteiger partial charge in [-0.2, -0.15) is 4.31 Å². The Morgan fingerprint density at radius 3 is 2.60 bits per heavy atom. The molecule has 20 heavy (non-hydrogen) atoms. The summed E-state index contributed by atoms with van der Waals surface area (Å²) >= 11 is 0. The molecule has 0 spiro atoms. The summed E-state index contributed by atoms with van der Waals surface area (Å²) in [7, 11) is -3.49. The molecule has 1 fully saturated rings. The molecule has 0 aromatic heterocycles. The summed E-state index contributed by atoms with van der Waals surface area (Å²) in [6.45, 7) is 5.89. The third-order valence-electron chi connectivity index (χ3n) is 3.93. The van der Waals surface area contributed by atoms with E-state index >= 15 is 0 Å². The number of hydrogen-bond acceptors (Lipinski definition) is 3. The van der Waals surface area contributed by atoms with Gasteiger partial charge in [0.05, 0.1) is 4.90 Å². The fraction of sp³-hybridized carbons (Fsp3) is 0.533. The number of aryl methyl sites for hydroxylation is 2. The smallest absolute Gasteiger partial charge is 0.243 e. The highest BCUT2D eigenvalue weighted by Gasteiger charge is 2.35. The van der Waals surface area contributed by atoms with E-state index in [2.05, 4.69) is 0 Å². The largest absolute Gasteiger partial charge is 0.300 e. The summed E-state index contributed by atoms with van der Waals surface area (Å²) in [6, 6.07) is 5.02. The molecule has 1 unspecified atom stereocenters. The standard InChI is InChI=1S/C15H21NO3S/c1-11-6-7-15(9-12(11)2)20(18,19)16-8-4-5-14(16)10-13(3)17/h6-7,9,14H,4-5,8,10H2,1-3H3. The first-order valence-corrected chi connectivity index (χ1v) is 8.35. The predicted molar refractivity (Wildman–Crippen MR) is 78.1 cm³/mol. The van der Waals surface area contributed by atoms with Crippen molar-refractivity contribution in [2.75, 3.05) is 6.54 Å². The summed E-state index contributed by atoms with van der Waals surface area (Å²) in [5.74, 6) is 0.0391. The highest BCUT2D eigenvalue weighted by molar-refractivity contribution is 7.89. The van der Waals surface area contributed by atoms with Gasteiger partial charge in [0.2, 0.25) is 10.0 Å². The first kappa shape index (κ1) is 15.2. The molecule has 1 atom stereocenters. The maximum absolute atomic E-state index is 12.7. The maximum Gasteiger partial charge on any atom is 0.243 e. The van der Waals surface area contributed by atoms with Crippen molar-refractivity contribution >= 4 is 15.8 Å². The Morgan fingerprint density at radius 1 is 1.30 bits per heavy atom. The molecule has 0 amide bonds. The molecular weight excluding hydrogens is 274 g/mol. The number of Topliss-reactive ketones (excluding diaryl/α,β-unsaturated/α-hetero) is 1. The quantitative estimate of drug-likeness (QED) is 0.857. The van der Waals surface area contributed by atoms with Crippen LogP contribution in [0.2, 0.25) is 0 Å². The van der Waals surface area contributed by atoms with Crippen LogP contribution in [-0.2, 0) is 14.8 Å². The Morgan fingerprint density at radius 2 is 2.00 bits per heavy atom. The molecule has 1 heterocycles. The average molecular weight is 295 g/mol. The second-order valence-corrected chi connectivity index (χ2v) is 7.45. The SMILES string of the molecule is CC(=O)CC1CCCN1S(=O)(=O)c1ccc(C)c(C)c1. The average Bonchev–Trinajstić information content (AvgIpc) is 2.80. The van der Waals surface area contributed by atoms with E-state index in [9.17, 15) is 13.2 Å². The first-order chi connectivity index (χ1) is 9.32. The number of hydrogen-bond donors (Lipinski definition) is 0. The van der Waals surface area contributed by atoms with Gasteiger partial charge in [-0.25, -0.2) is 8.42 Å². The normalized spacial score (nSPS) is 20.2. The Hall–Kier alpha value is -1.20. The van der Waals surface area contributed by atoms with E-state index in [0.717, 1.165) is 24.0 Å². The first-order valence-electron chi connectivity index (χ1n) is 6.91. The molecule has 1 aromatic carbocycles. The summed E-state index contributed by atoms with van der Waals surface area (Å²) < 4.78 is 26.9. The molecule has 0 N–H and O–H groups in total. The van der Waals surface area contributed by atoms with Gasteiger partial charge in [-0.3, -0.25) is 4.79 Å². The second-order valence-electron chi connectivity index (χ2n) is 5.56. The second kappa shape index (κ2) is 5.66. The van der Waals surface area contributed by atoms with Gasteiger partial charge in [-0.1, -0.05) is 6.07 Å². The summed E-state index contributed by atoms with van der Waals surface area (Å²) in [6.07, 6.45) is 1.90. The lowest BCUT2D eigenvalue weighted by molar-refractivity contribution is -0.117. The molecule has 1 aromatic rings. The van der Waals surface area contributed by atoms with Crippen LogP contribution in [0, 0.1) is 13.8 Å². The molecule has 1 aliphatic heterocycles. The number of rotatable bonds is 4. The van der Waals surface area contributed by atoms with Crippen molar-refractivity contribution in [2.45, 2.75) is 51.0 Å². The lowest BCUT2D eigenvalue weighted by Gasteiger charge is -2.23. The van der Waals surface area contributed by atoms with E-state index in [4.69, 9.17) is 0 Å². The van der Waals surface area contributed by atoms with Crippen LogP contribution in [0.15, 0.2) is 23.1 Å². The van der Waals surface area contributed by atoms with Gasteiger partial charge in [0.25, 0.3) is 0 Å². The Labute approximate surface area is 120 Å². The van der Waals surface area contributed by atoms with Gasteiger partial charge in [0.1, 0.15) is 5.78 Å². The van der Waals surface area contributed by atoms with Gasteiger partial charge in [-0.15, -0.1) is 0 Å². The van der Waals surface area contributed by atoms with E-state index < -0.39 is 10.0 Å². The molecule has 1 aliphatic rings. The minimum atomic E-state index is -3.49. The Bertz CT molecular complexity index is 622. The van der Waals surface area contributed by atoms with E-state index in [-0.39, 0.29) is 11.8 Å². The van der Waals surface area contributed by atoms with E-state index in [1.54, 1.807) is 12.1 Å². The van der Waals surface area contributed by atoms with Crippen LogP contribution >= 0.6 is 0 Å². The maximum atomic E-state index is 12.7. The minimum absolute atomic E-state index is 0.0391. The fourth-order valence-corrected chi connectivity index (χ4v) is 4.45. The highest BCUT2D eigenvalue weighted by atomic mass is 32.2. The van der Waals surface area contributed by atoms with Crippen LogP contribution in [0.4, 0.5) is 0 Å². The number of carbonyl (C=O) groups excluding carboxylic acids is 1. The number of sulfonamides is 1. The lowest BCUT2D eigenvalue weighted by Crippen LogP contribution is -2.36. The third kappa shape index (κ3) is 2.94. The molecule has 5 heteroatoms. The van der Waals surface area contributed by atoms with Gasteiger partial charge >= 0.3 is 0 Å². The fourth-order valence-electron chi connectivity index (χ4n) is 2.67. The lowest BCUT2D eigenvalue weighted by atomic mass is 10.1. The van der Waals surface area contributed by atoms with Crippen LogP contribution in [0.3, 0.4) is 0 Å². The molecule has 0 radical (unpaired) electrons.